The summed E-state index contributed by atoms with van der Waals surface area (Å²) >= 11 is 0. The Kier molecular flexibility index (Phi) is 6.15. The number of ether oxygens (including phenoxy) is 2. The maximum Gasteiger partial charge on any atom is 0.411 e. The Balaban J connectivity index is 1.82. The van der Waals surface area contributed by atoms with Gasteiger partial charge in [-0.25, -0.2) is 9.59 Å². The Hall–Kier alpha value is -2.57. The molecule has 0 aliphatic carbocycles. The Morgan fingerprint density at radius 3 is 2.45 bits per heavy atom. The van der Waals surface area contributed by atoms with E-state index in [-0.39, 0.29) is 24.5 Å². The van der Waals surface area contributed by atoms with Crippen LogP contribution < -0.4 is 0 Å². The highest BCUT2D eigenvalue weighted by atomic mass is 16.6. The van der Waals surface area contributed by atoms with Crippen LogP contribution in [0.1, 0.15) is 50.9 Å². The third-order valence-corrected chi connectivity index (χ3v) is 5.41. The normalized spacial score (nSPS) is 24.1. The van der Waals surface area contributed by atoms with Gasteiger partial charge in [-0.15, -0.1) is 0 Å². The van der Waals surface area contributed by atoms with Gasteiger partial charge in [0, 0.05) is 18.7 Å². The molecule has 2 saturated heterocycles. The Morgan fingerprint density at radius 1 is 1.14 bits per heavy atom. The number of carbonyl (C=O) groups is 3. The summed E-state index contributed by atoms with van der Waals surface area (Å²) in [6.07, 6.45) is 0.742. The zero-order chi connectivity index (χ0) is 21.2. The molecule has 3 rings (SSSR count). The number of benzene rings is 1. The molecule has 2 amide bonds. The minimum atomic E-state index is -0.678. The lowest BCUT2D eigenvalue weighted by atomic mass is 9.91. The van der Waals surface area contributed by atoms with E-state index in [1.807, 2.05) is 18.2 Å². The number of esters is 1. The summed E-state index contributed by atoms with van der Waals surface area (Å²) in [5.41, 5.74) is -0.0579. The van der Waals surface area contributed by atoms with Crippen LogP contribution in [0.2, 0.25) is 0 Å². The van der Waals surface area contributed by atoms with Crippen LogP contribution in [0.5, 0.6) is 0 Å². The van der Waals surface area contributed by atoms with Crippen molar-refractivity contribution >= 4 is 18.0 Å². The number of nitrogens with zero attached hydrogens (tertiary/aromatic N) is 2. The second-order valence-electron chi connectivity index (χ2n) is 8.62. The summed E-state index contributed by atoms with van der Waals surface area (Å²) in [4.78, 5) is 41.7. The van der Waals surface area contributed by atoms with Gasteiger partial charge in [-0.2, -0.15) is 0 Å². The van der Waals surface area contributed by atoms with Gasteiger partial charge < -0.3 is 14.4 Å². The molecule has 0 N–H and O–H groups in total. The fourth-order valence-electron chi connectivity index (χ4n) is 4.17. The summed E-state index contributed by atoms with van der Waals surface area (Å²) in [5, 5.41) is 0. The smallest absolute Gasteiger partial charge is 0.411 e. The second kappa shape index (κ2) is 8.43. The number of hydrogen-bond donors (Lipinski definition) is 0. The lowest BCUT2D eigenvalue weighted by Crippen LogP contribution is -2.54. The molecular formula is C22H30N2O5. The molecule has 0 aromatic heterocycles. The van der Waals surface area contributed by atoms with Crippen molar-refractivity contribution in [2.75, 3.05) is 19.7 Å². The van der Waals surface area contributed by atoms with Crippen molar-refractivity contribution in [2.45, 2.75) is 58.2 Å². The van der Waals surface area contributed by atoms with E-state index < -0.39 is 23.7 Å². The molecular weight excluding hydrogens is 372 g/mol. The number of hydrogen-bond acceptors (Lipinski definition) is 5. The van der Waals surface area contributed by atoms with Crippen molar-refractivity contribution in [3.8, 4) is 0 Å². The average molecular weight is 402 g/mol. The SMILES string of the molecule is CCOC(=O)[C@@H]1C[C@@H]2CCN(C(=O)c3ccccc3)C[C@@H]2N1C(=O)OC(C)(C)C. The van der Waals surface area contributed by atoms with Crippen molar-refractivity contribution < 1.29 is 23.9 Å². The second-order valence-corrected chi connectivity index (χ2v) is 8.62. The summed E-state index contributed by atoms with van der Waals surface area (Å²) < 4.78 is 10.8. The highest BCUT2D eigenvalue weighted by Crippen LogP contribution is 2.37. The van der Waals surface area contributed by atoms with E-state index in [0.29, 0.717) is 25.1 Å². The molecule has 2 fully saturated rings. The third kappa shape index (κ3) is 4.71. The highest BCUT2D eigenvalue weighted by molar-refractivity contribution is 5.94. The van der Waals surface area contributed by atoms with Crippen LogP contribution in [0.15, 0.2) is 30.3 Å². The first-order valence-corrected chi connectivity index (χ1v) is 10.2. The quantitative estimate of drug-likeness (QED) is 0.726. The molecule has 0 spiro atoms. The zero-order valence-electron chi connectivity index (χ0n) is 17.6. The van der Waals surface area contributed by atoms with E-state index in [9.17, 15) is 14.4 Å². The number of fused-ring (bicyclic) bond motifs is 1. The van der Waals surface area contributed by atoms with E-state index in [2.05, 4.69) is 0 Å². The van der Waals surface area contributed by atoms with E-state index in [1.165, 1.54) is 4.90 Å². The third-order valence-electron chi connectivity index (χ3n) is 5.41. The largest absolute Gasteiger partial charge is 0.464 e. The van der Waals surface area contributed by atoms with E-state index in [0.717, 1.165) is 6.42 Å². The maximum atomic E-state index is 13.0. The zero-order valence-corrected chi connectivity index (χ0v) is 17.6. The van der Waals surface area contributed by atoms with Crippen molar-refractivity contribution in [1.82, 2.24) is 9.80 Å². The molecule has 29 heavy (non-hydrogen) atoms. The molecule has 0 unspecified atom stereocenters. The summed E-state index contributed by atoms with van der Waals surface area (Å²) in [5.74, 6) is -0.335. The van der Waals surface area contributed by atoms with Gasteiger partial charge in [0.15, 0.2) is 0 Å². The Morgan fingerprint density at radius 2 is 1.83 bits per heavy atom. The van der Waals surface area contributed by atoms with E-state index in [1.54, 1.807) is 44.7 Å². The van der Waals surface area contributed by atoms with Crippen LogP contribution in [0, 0.1) is 5.92 Å². The van der Waals surface area contributed by atoms with Crippen molar-refractivity contribution in [2.24, 2.45) is 5.92 Å². The van der Waals surface area contributed by atoms with Crippen LogP contribution in [-0.4, -0.2) is 65.2 Å². The molecule has 1 aromatic carbocycles. The van der Waals surface area contributed by atoms with Crippen LogP contribution in [-0.2, 0) is 14.3 Å². The Labute approximate surface area is 171 Å². The van der Waals surface area contributed by atoms with Crippen LogP contribution in [0.3, 0.4) is 0 Å². The van der Waals surface area contributed by atoms with Gasteiger partial charge in [-0.1, -0.05) is 18.2 Å². The molecule has 0 bridgehead atoms. The maximum absolute atomic E-state index is 13.0. The lowest BCUT2D eigenvalue weighted by molar-refractivity contribution is -0.148. The van der Waals surface area contributed by atoms with Crippen LogP contribution >= 0.6 is 0 Å². The predicted octanol–water partition coefficient (Wildman–Crippen LogP) is 3.09. The van der Waals surface area contributed by atoms with Crippen molar-refractivity contribution in [3.63, 3.8) is 0 Å². The van der Waals surface area contributed by atoms with Gasteiger partial charge in [-0.05, 0) is 58.6 Å². The first-order chi connectivity index (χ1) is 13.7. The molecule has 7 nitrogen and oxygen atoms in total. The van der Waals surface area contributed by atoms with Crippen LogP contribution in [0.4, 0.5) is 4.79 Å². The van der Waals surface area contributed by atoms with Crippen molar-refractivity contribution in [3.05, 3.63) is 35.9 Å². The average Bonchev–Trinajstić information content (AvgIpc) is 3.06. The molecule has 1 aromatic rings. The molecule has 158 valence electrons. The predicted molar refractivity (Wildman–Crippen MR) is 107 cm³/mol. The molecule has 7 heteroatoms. The Bertz CT molecular complexity index is 758. The number of rotatable bonds is 3. The number of piperidine rings is 1. The van der Waals surface area contributed by atoms with Gasteiger partial charge in [0.2, 0.25) is 0 Å². The molecule has 0 saturated carbocycles. The summed E-state index contributed by atoms with van der Waals surface area (Å²) in [6.45, 7) is 8.38. The first kappa shape index (κ1) is 21.1. The molecule has 0 radical (unpaired) electrons. The monoisotopic (exact) mass is 402 g/mol. The van der Waals surface area contributed by atoms with Gasteiger partial charge in [0.05, 0.1) is 12.6 Å². The highest BCUT2D eigenvalue weighted by Gasteiger charge is 2.51. The van der Waals surface area contributed by atoms with Crippen molar-refractivity contribution in [1.29, 1.82) is 0 Å². The molecule has 2 heterocycles. The number of amides is 2. The van der Waals surface area contributed by atoms with Gasteiger partial charge in [-0.3, -0.25) is 9.69 Å². The lowest BCUT2D eigenvalue weighted by Gasteiger charge is -2.39. The van der Waals surface area contributed by atoms with E-state index >= 15 is 0 Å². The molecule has 3 atom stereocenters. The summed E-state index contributed by atoms with van der Waals surface area (Å²) in [6, 6.07) is 8.17. The number of carbonyl (C=O) groups excluding carboxylic acids is 3. The fourth-order valence-corrected chi connectivity index (χ4v) is 4.17. The summed E-state index contributed by atoms with van der Waals surface area (Å²) in [7, 11) is 0. The van der Waals surface area contributed by atoms with Crippen LogP contribution in [0.25, 0.3) is 0 Å². The number of likely N-dealkylation sites (tertiary alicyclic amines) is 2. The standard InChI is InChI=1S/C22H30N2O5/c1-5-28-20(26)17-13-16-11-12-23(19(25)15-9-7-6-8-10-15)14-18(16)24(17)21(27)29-22(2,3)4/h6-10,16-18H,5,11-14H2,1-4H3/t16-,17-,18-/m0/s1. The minimum Gasteiger partial charge on any atom is -0.464 e. The molecule has 2 aliphatic rings. The van der Waals surface area contributed by atoms with E-state index in [4.69, 9.17) is 9.47 Å². The first-order valence-electron chi connectivity index (χ1n) is 10.2. The molecule has 2 aliphatic heterocycles. The fraction of sp³-hybridized carbons (Fsp3) is 0.591. The topological polar surface area (TPSA) is 76.2 Å². The van der Waals surface area contributed by atoms with Gasteiger partial charge >= 0.3 is 12.1 Å². The van der Waals surface area contributed by atoms with Gasteiger partial charge in [0.25, 0.3) is 5.91 Å². The minimum absolute atomic E-state index is 0.0622. The van der Waals surface area contributed by atoms with Gasteiger partial charge in [0.1, 0.15) is 11.6 Å².